The van der Waals surface area contributed by atoms with Gasteiger partial charge in [0.1, 0.15) is 0 Å². The van der Waals surface area contributed by atoms with Crippen molar-refractivity contribution >= 4 is 35.1 Å². The summed E-state index contributed by atoms with van der Waals surface area (Å²) in [4.78, 5) is 11.5. The standard InChI is InChI=1S/C14H15N3O2S/c18-10-8-12-13(19)16-14(20-12)17-15-9-4-7-11-5-2-1-3-6-11/h1-7,9,12,18H,8,10H2,(H,16,17,19)/b7-4+,15-9-/t12-/m1/s1. The molecular weight excluding hydrogens is 274 g/mol. The molecule has 1 fully saturated rings. The van der Waals surface area contributed by atoms with Crippen LogP contribution in [0.2, 0.25) is 0 Å². The second-order valence-corrected chi connectivity index (χ2v) is 5.24. The summed E-state index contributed by atoms with van der Waals surface area (Å²) in [6.45, 7) is -0.0125. The van der Waals surface area contributed by atoms with Gasteiger partial charge in [0.2, 0.25) is 5.91 Å². The minimum atomic E-state index is -0.270. The summed E-state index contributed by atoms with van der Waals surface area (Å²) in [5.74, 6) is -0.127. The summed E-state index contributed by atoms with van der Waals surface area (Å²) in [6, 6.07) is 9.86. The summed E-state index contributed by atoms with van der Waals surface area (Å²) < 4.78 is 0. The second kappa shape index (κ2) is 7.62. The predicted molar refractivity (Wildman–Crippen MR) is 82.6 cm³/mol. The number of amides is 1. The molecule has 0 radical (unpaired) electrons. The fourth-order valence-corrected chi connectivity index (χ4v) is 2.51. The fraction of sp³-hybridized carbons (Fsp3) is 0.214. The fourth-order valence-electron chi connectivity index (χ4n) is 1.60. The van der Waals surface area contributed by atoms with Gasteiger partial charge in [0.15, 0.2) is 5.17 Å². The normalized spacial score (nSPS) is 21.1. The molecule has 5 nitrogen and oxygen atoms in total. The molecule has 1 saturated heterocycles. The van der Waals surface area contributed by atoms with Crippen molar-refractivity contribution in [2.45, 2.75) is 11.7 Å². The first-order valence-corrected chi connectivity index (χ1v) is 7.08. The summed E-state index contributed by atoms with van der Waals surface area (Å²) in [5, 5.41) is 19.4. The SMILES string of the molecule is O=C1N\C(=N/N=C\C=C\c2ccccc2)S[C@@H]1CCO. The van der Waals surface area contributed by atoms with Crippen LogP contribution in [0.25, 0.3) is 6.08 Å². The number of aliphatic hydroxyl groups is 1. The van der Waals surface area contributed by atoms with Crippen LogP contribution in [0, 0.1) is 0 Å². The minimum absolute atomic E-state index is 0.0125. The van der Waals surface area contributed by atoms with E-state index in [1.54, 1.807) is 12.3 Å². The summed E-state index contributed by atoms with van der Waals surface area (Å²) in [6.07, 6.45) is 5.68. The first-order valence-electron chi connectivity index (χ1n) is 6.20. The molecule has 0 aliphatic carbocycles. The van der Waals surface area contributed by atoms with Crippen molar-refractivity contribution in [3.63, 3.8) is 0 Å². The van der Waals surface area contributed by atoms with Gasteiger partial charge in [-0.3, -0.25) is 4.79 Å². The number of amidine groups is 1. The monoisotopic (exact) mass is 289 g/mol. The summed E-state index contributed by atoms with van der Waals surface area (Å²) >= 11 is 1.29. The van der Waals surface area contributed by atoms with Crippen molar-refractivity contribution in [3.05, 3.63) is 42.0 Å². The van der Waals surface area contributed by atoms with Crippen molar-refractivity contribution in [2.24, 2.45) is 10.2 Å². The number of nitrogens with one attached hydrogen (secondary N) is 1. The first kappa shape index (κ1) is 14.5. The van der Waals surface area contributed by atoms with Crippen LogP contribution >= 0.6 is 11.8 Å². The zero-order valence-corrected chi connectivity index (χ0v) is 11.6. The lowest BCUT2D eigenvalue weighted by molar-refractivity contribution is -0.119. The Labute approximate surface area is 121 Å². The lowest BCUT2D eigenvalue weighted by Crippen LogP contribution is -2.25. The van der Waals surface area contributed by atoms with Crippen molar-refractivity contribution in [1.29, 1.82) is 0 Å². The van der Waals surface area contributed by atoms with Gasteiger partial charge in [0.05, 0.1) is 5.25 Å². The molecule has 1 aliphatic heterocycles. The number of benzene rings is 1. The van der Waals surface area contributed by atoms with Crippen molar-refractivity contribution in [3.8, 4) is 0 Å². The van der Waals surface area contributed by atoms with Crippen LogP contribution in [0.5, 0.6) is 0 Å². The number of allylic oxidation sites excluding steroid dienone is 1. The molecule has 0 unspecified atom stereocenters. The first-order chi connectivity index (χ1) is 9.79. The van der Waals surface area contributed by atoms with Crippen LogP contribution in [0.1, 0.15) is 12.0 Å². The summed E-state index contributed by atoms with van der Waals surface area (Å²) in [7, 11) is 0. The molecule has 2 N–H and O–H groups in total. The van der Waals surface area contributed by atoms with E-state index in [0.29, 0.717) is 11.6 Å². The van der Waals surface area contributed by atoms with Gasteiger partial charge in [0.25, 0.3) is 0 Å². The van der Waals surface area contributed by atoms with Crippen molar-refractivity contribution < 1.29 is 9.90 Å². The Hall–Kier alpha value is -1.92. The highest BCUT2D eigenvalue weighted by Gasteiger charge is 2.29. The highest BCUT2D eigenvalue weighted by molar-refractivity contribution is 8.15. The number of carbonyl (C=O) groups is 1. The molecule has 0 saturated carbocycles. The molecule has 0 aromatic heterocycles. The maximum atomic E-state index is 11.5. The van der Waals surface area contributed by atoms with Gasteiger partial charge in [-0.05, 0) is 18.1 Å². The van der Waals surface area contributed by atoms with Crippen LogP contribution in [0.4, 0.5) is 0 Å². The molecule has 1 aromatic carbocycles. The third kappa shape index (κ3) is 4.32. The summed E-state index contributed by atoms with van der Waals surface area (Å²) in [5.41, 5.74) is 1.08. The van der Waals surface area contributed by atoms with E-state index in [4.69, 9.17) is 5.11 Å². The number of hydrogen-bond acceptors (Lipinski definition) is 5. The van der Waals surface area contributed by atoms with Gasteiger partial charge in [-0.2, -0.15) is 5.10 Å². The van der Waals surface area contributed by atoms with E-state index in [-0.39, 0.29) is 17.8 Å². The number of carbonyl (C=O) groups excluding carboxylic acids is 1. The van der Waals surface area contributed by atoms with E-state index in [1.807, 2.05) is 36.4 Å². The Morgan fingerprint density at radius 3 is 2.90 bits per heavy atom. The van der Waals surface area contributed by atoms with Crippen molar-refractivity contribution in [1.82, 2.24) is 5.32 Å². The Morgan fingerprint density at radius 1 is 1.35 bits per heavy atom. The van der Waals surface area contributed by atoms with E-state index < -0.39 is 0 Å². The second-order valence-electron chi connectivity index (χ2n) is 4.05. The van der Waals surface area contributed by atoms with Crippen LogP contribution in [0.3, 0.4) is 0 Å². The quantitative estimate of drug-likeness (QED) is 0.639. The lowest BCUT2D eigenvalue weighted by Gasteiger charge is -1.98. The number of rotatable bonds is 5. The average Bonchev–Trinajstić information content (AvgIpc) is 2.80. The van der Waals surface area contributed by atoms with Gasteiger partial charge in [-0.25, -0.2) is 0 Å². The molecule has 0 bridgehead atoms. The van der Waals surface area contributed by atoms with Crippen LogP contribution in [-0.2, 0) is 4.79 Å². The molecule has 1 atom stereocenters. The molecule has 104 valence electrons. The number of hydrogen-bond donors (Lipinski definition) is 2. The maximum absolute atomic E-state index is 11.5. The largest absolute Gasteiger partial charge is 0.396 e. The lowest BCUT2D eigenvalue weighted by atomic mass is 10.2. The van der Waals surface area contributed by atoms with Crippen LogP contribution in [-0.4, -0.2) is 34.3 Å². The Bertz CT molecular complexity index is 541. The predicted octanol–water partition coefficient (Wildman–Crippen LogP) is 1.66. The van der Waals surface area contributed by atoms with Gasteiger partial charge in [-0.15, -0.1) is 5.10 Å². The minimum Gasteiger partial charge on any atom is -0.396 e. The van der Waals surface area contributed by atoms with E-state index in [2.05, 4.69) is 15.5 Å². The van der Waals surface area contributed by atoms with Gasteiger partial charge < -0.3 is 10.4 Å². The van der Waals surface area contributed by atoms with E-state index >= 15 is 0 Å². The Kier molecular flexibility index (Phi) is 5.52. The zero-order valence-electron chi connectivity index (χ0n) is 10.8. The van der Waals surface area contributed by atoms with Gasteiger partial charge in [-0.1, -0.05) is 48.2 Å². The smallest absolute Gasteiger partial charge is 0.239 e. The number of thioether (sulfide) groups is 1. The third-order valence-electron chi connectivity index (χ3n) is 2.56. The van der Waals surface area contributed by atoms with Crippen molar-refractivity contribution in [2.75, 3.05) is 6.61 Å². The van der Waals surface area contributed by atoms with E-state index in [1.165, 1.54) is 11.8 Å². The Balaban J connectivity index is 1.86. The van der Waals surface area contributed by atoms with E-state index in [9.17, 15) is 4.79 Å². The topological polar surface area (TPSA) is 74.0 Å². The molecule has 6 heteroatoms. The average molecular weight is 289 g/mol. The number of aliphatic hydroxyl groups excluding tert-OH is 1. The molecule has 2 rings (SSSR count). The number of nitrogens with zero attached hydrogens (tertiary/aromatic N) is 2. The zero-order chi connectivity index (χ0) is 14.2. The molecule has 20 heavy (non-hydrogen) atoms. The molecular formula is C14H15N3O2S. The Morgan fingerprint density at radius 2 is 2.15 bits per heavy atom. The van der Waals surface area contributed by atoms with Crippen LogP contribution in [0.15, 0.2) is 46.6 Å². The maximum Gasteiger partial charge on any atom is 0.239 e. The molecule has 1 aliphatic rings. The molecule has 1 amide bonds. The molecule has 1 heterocycles. The molecule has 1 aromatic rings. The third-order valence-corrected chi connectivity index (χ3v) is 3.70. The van der Waals surface area contributed by atoms with Crippen LogP contribution < -0.4 is 5.32 Å². The van der Waals surface area contributed by atoms with Gasteiger partial charge in [0, 0.05) is 12.8 Å². The highest BCUT2D eigenvalue weighted by atomic mass is 32.2. The van der Waals surface area contributed by atoms with Gasteiger partial charge >= 0.3 is 0 Å². The molecule has 0 spiro atoms. The highest BCUT2D eigenvalue weighted by Crippen LogP contribution is 2.21. The van der Waals surface area contributed by atoms with E-state index in [0.717, 1.165) is 5.56 Å².